The number of ether oxygens (including phenoxy) is 1. The number of rotatable bonds is 6. The van der Waals surface area contributed by atoms with Gasteiger partial charge >= 0.3 is 6.03 Å². The number of amides is 3. The number of nitrogens with zero attached hydrogens (tertiary/aromatic N) is 1. The topological polar surface area (TPSA) is 106 Å². The Hall–Kier alpha value is -3.09. The monoisotopic (exact) mass is 314 g/mol. The van der Waals surface area contributed by atoms with Crippen molar-refractivity contribution in [3.05, 3.63) is 59.9 Å². The molecule has 0 aliphatic heterocycles. The van der Waals surface area contributed by atoms with Gasteiger partial charge in [-0.1, -0.05) is 12.1 Å². The van der Waals surface area contributed by atoms with E-state index in [1.54, 1.807) is 19.5 Å². The van der Waals surface area contributed by atoms with Gasteiger partial charge in [-0.05, 0) is 35.4 Å². The number of hydrogen-bond donors (Lipinski definition) is 3. The normalized spacial score (nSPS) is 11.3. The Morgan fingerprint density at radius 2 is 1.74 bits per heavy atom. The second-order valence-electron chi connectivity index (χ2n) is 4.77. The van der Waals surface area contributed by atoms with Crippen molar-refractivity contribution in [2.75, 3.05) is 13.7 Å². The van der Waals surface area contributed by atoms with Crippen LogP contribution in [0, 0.1) is 0 Å². The number of aromatic nitrogens is 1. The lowest BCUT2D eigenvalue weighted by atomic mass is 9.99. The highest BCUT2D eigenvalue weighted by Crippen LogP contribution is 2.23. The minimum atomic E-state index is -0.745. The SMILES string of the molecule is COc1ccc([C@H](NC(=O)CNC(N)=O)c2ccncc2)cc1. The summed E-state index contributed by atoms with van der Waals surface area (Å²) in [4.78, 5) is 26.7. The minimum absolute atomic E-state index is 0.187. The van der Waals surface area contributed by atoms with Gasteiger partial charge in [0.15, 0.2) is 0 Å². The third-order valence-electron chi connectivity index (χ3n) is 3.22. The molecule has 1 aromatic carbocycles. The van der Waals surface area contributed by atoms with Crippen LogP contribution in [0.25, 0.3) is 0 Å². The van der Waals surface area contributed by atoms with Gasteiger partial charge in [0.05, 0.1) is 19.7 Å². The van der Waals surface area contributed by atoms with Gasteiger partial charge in [0, 0.05) is 12.4 Å². The summed E-state index contributed by atoms with van der Waals surface area (Å²) in [6.45, 7) is -0.187. The average molecular weight is 314 g/mol. The van der Waals surface area contributed by atoms with Crippen LogP contribution in [-0.4, -0.2) is 30.6 Å². The first-order valence-corrected chi connectivity index (χ1v) is 6.96. The van der Waals surface area contributed by atoms with E-state index in [2.05, 4.69) is 15.6 Å². The zero-order valence-electron chi connectivity index (χ0n) is 12.7. The van der Waals surface area contributed by atoms with Crippen molar-refractivity contribution in [2.45, 2.75) is 6.04 Å². The summed E-state index contributed by atoms with van der Waals surface area (Å²) in [6, 6.07) is 9.88. The lowest BCUT2D eigenvalue weighted by Crippen LogP contribution is -2.40. The Kier molecular flexibility index (Phi) is 5.51. The van der Waals surface area contributed by atoms with Crippen LogP contribution >= 0.6 is 0 Å². The van der Waals surface area contributed by atoms with Gasteiger partial charge < -0.3 is 21.1 Å². The van der Waals surface area contributed by atoms with E-state index in [0.717, 1.165) is 16.9 Å². The van der Waals surface area contributed by atoms with Crippen molar-refractivity contribution in [1.82, 2.24) is 15.6 Å². The predicted octanol–water partition coefficient (Wildman–Crippen LogP) is 0.964. The van der Waals surface area contributed by atoms with Crippen molar-refractivity contribution in [3.63, 3.8) is 0 Å². The van der Waals surface area contributed by atoms with Crippen LogP contribution in [0.15, 0.2) is 48.8 Å². The largest absolute Gasteiger partial charge is 0.497 e. The van der Waals surface area contributed by atoms with Crippen molar-refractivity contribution in [3.8, 4) is 5.75 Å². The number of nitrogens with one attached hydrogen (secondary N) is 2. The summed E-state index contributed by atoms with van der Waals surface area (Å²) >= 11 is 0. The number of primary amides is 1. The zero-order valence-corrected chi connectivity index (χ0v) is 12.7. The smallest absolute Gasteiger partial charge is 0.312 e. The molecule has 7 nitrogen and oxygen atoms in total. The molecular weight excluding hydrogens is 296 g/mol. The molecule has 0 bridgehead atoms. The molecule has 0 radical (unpaired) electrons. The number of urea groups is 1. The first kappa shape index (κ1) is 16.3. The van der Waals surface area contributed by atoms with Crippen LogP contribution in [0.1, 0.15) is 17.2 Å². The van der Waals surface area contributed by atoms with Crippen molar-refractivity contribution in [1.29, 1.82) is 0 Å². The number of carbonyl (C=O) groups excluding carboxylic acids is 2. The van der Waals surface area contributed by atoms with Crippen LogP contribution in [0.5, 0.6) is 5.75 Å². The van der Waals surface area contributed by atoms with Gasteiger partial charge in [0.25, 0.3) is 0 Å². The molecule has 0 spiro atoms. The molecule has 1 atom stereocenters. The molecule has 4 N–H and O–H groups in total. The number of benzene rings is 1. The summed E-state index contributed by atoms with van der Waals surface area (Å²) in [5.41, 5.74) is 6.73. The highest BCUT2D eigenvalue weighted by molar-refractivity contribution is 5.83. The molecule has 2 rings (SSSR count). The molecule has 3 amide bonds. The van der Waals surface area contributed by atoms with E-state index in [-0.39, 0.29) is 18.5 Å². The highest BCUT2D eigenvalue weighted by atomic mass is 16.5. The standard InChI is InChI=1S/C16H18N4O3/c1-23-13-4-2-11(3-5-13)15(12-6-8-18-9-7-12)20-14(21)10-19-16(17)22/h2-9,15H,10H2,1H3,(H,20,21)(H3,17,19,22)/t15-/m0/s1. The Balaban J connectivity index is 2.21. The Labute approximate surface area is 133 Å². The Bertz CT molecular complexity index is 659. The Morgan fingerprint density at radius 1 is 1.13 bits per heavy atom. The molecule has 0 saturated heterocycles. The molecular formula is C16H18N4O3. The van der Waals surface area contributed by atoms with Crippen LogP contribution in [0.2, 0.25) is 0 Å². The second-order valence-corrected chi connectivity index (χ2v) is 4.77. The summed E-state index contributed by atoms with van der Waals surface area (Å²) < 4.78 is 5.14. The second kappa shape index (κ2) is 7.79. The maximum absolute atomic E-state index is 12.0. The van der Waals surface area contributed by atoms with E-state index in [0.29, 0.717) is 0 Å². The number of carbonyl (C=O) groups is 2. The molecule has 0 unspecified atom stereocenters. The summed E-state index contributed by atoms with van der Waals surface area (Å²) in [5.74, 6) is 0.380. The summed E-state index contributed by atoms with van der Waals surface area (Å²) in [6.07, 6.45) is 3.30. The maximum Gasteiger partial charge on any atom is 0.312 e. The van der Waals surface area contributed by atoms with Gasteiger partial charge in [-0.15, -0.1) is 0 Å². The molecule has 1 aromatic heterocycles. The molecule has 2 aromatic rings. The van der Waals surface area contributed by atoms with Gasteiger partial charge in [-0.2, -0.15) is 0 Å². The number of hydrogen-bond acceptors (Lipinski definition) is 4. The first-order chi connectivity index (χ1) is 11.1. The minimum Gasteiger partial charge on any atom is -0.497 e. The molecule has 120 valence electrons. The first-order valence-electron chi connectivity index (χ1n) is 6.96. The molecule has 1 heterocycles. The van der Waals surface area contributed by atoms with Gasteiger partial charge in [0.2, 0.25) is 5.91 Å². The quantitative estimate of drug-likeness (QED) is 0.738. The van der Waals surface area contributed by atoms with E-state index >= 15 is 0 Å². The zero-order chi connectivity index (χ0) is 16.7. The molecule has 23 heavy (non-hydrogen) atoms. The fourth-order valence-electron chi connectivity index (χ4n) is 2.09. The molecule has 0 fully saturated rings. The van der Waals surface area contributed by atoms with Crippen molar-refractivity contribution >= 4 is 11.9 Å². The molecule has 7 heteroatoms. The molecule has 0 saturated carbocycles. The Morgan fingerprint density at radius 3 is 2.30 bits per heavy atom. The van der Waals surface area contributed by atoms with Crippen LogP contribution in [-0.2, 0) is 4.79 Å². The van der Waals surface area contributed by atoms with Gasteiger partial charge in [0.1, 0.15) is 5.75 Å². The van der Waals surface area contributed by atoms with Crippen LogP contribution < -0.4 is 21.1 Å². The van der Waals surface area contributed by atoms with Gasteiger partial charge in [-0.25, -0.2) is 4.79 Å². The number of pyridine rings is 1. The number of methoxy groups -OCH3 is 1. The van der Waals surface area contributed by atoms with Crippen LogP contribution in [0.3, 0.4) is 0 Å². The summed E-state index contributed by atoms with van der Waals surface area (Å²) in [5, 5.41) is 5.13. The fraction of sp³-hybridized carbons (Fsp3) is 0.188. The van der Waals surface area contributed by atoms with E-state index in [9.17, 15) is 9.59 Å². The lowest BCUT2D eigenvalue weighted by molar-refractivity contribution is -0.120. The van der Waals surface area contributed by atoms with Crippen LogP contribution in [0.4, 0.5) is 4.79 Å². The number of nitrogens with two attached hydrogens (primary N) is 1. The maximum atomic E-state index is 12.0. The highest BCUT2D eigenvalue weighted by Gasteiger charge is 2.17. The van der Waals surface area contributed by atoms with Crippen molar-refractivity contribution < 1.29 is 14.3 Å². The van der Waals surface area contributed by atoms with E-state index in [1.807, 2.05) is 36.4 Å². The predicted molar refractivity (Wildman–Crippen MR) is 84.8 cm³/mol. The average Bonchev–Trinajstić information content (AvgIpc) is 2.59. The molecule has 0 aliphatic rings. The van der Waals surface area contributed by atoms with E-state index in [4.69, 9.17) is 10.5 Å². The lowest BCUT2D eigenvalue weighted by Gasteiger charge is -2.20. The van der Waals surface area contributed by atoms with Gasteiger partial charge in [-0.3, -0.25) is 9.78 Å². The van der Waals surface area contributed by atoms with E-state index in [1.165, 1.54) is 0 Å². The van der Waals surface area contributed by atoms with E-state index < -0.39 is 6.03 Å². The van der Waals surface area contributed by atoms with Crippen molar-refractivity contribution in [2.24, 2.45) is 5.73 Å². The summed E-state index contributed by atoms with van der Waals surface area (Å²) in [7, 11) is 1.59. The molecule has 0 aliphatic carbocycles. The fourth-order valence-corrected chi connectivity index (χ4v) is 2.09. The third kappa shape index (κ3) is 4.70. The third-order valence-corrected chi connectivity index (χ3v) is 3.22.